The first kappa shape index (κ1) is 22.9. The Labute approximate surface area is 200 Å². The molecule has 1 heterocycles. The van der Waals surface area contributed by atoms with Gasteiger partial charge in [-0.15, -0.1) is 11.3 Å². The van der Waals surface area contributed by atoms with Crippen LogP contribution in [0.4, 0.5) is 10.8 Å². The van der Waals surface area contributed by atoms with Gasteiger partial charge in [-0.05, 0) is 36.2 Å². The highest BCUT2D eigenvalue weighted by atomic mass is 32.1. The van der Waals surface area contributed by atoms with Gasteiger partial charge < -0.3 is 9.47 Å². The summed E-state index contributed by atoms with van der Waals surface area (Å²) in [5.41, 5.74) is 6.16. The molecule has 0 atom stereocenters. The van der Waals surface area contributed by atoms with Crippen LogP contribution in [0.2, 0.25) is 0 Å². The van der Waals surface area contributed by atoms with Crippen LogP contribution in [0.15, 0.2) is 83.3 Å². The predicted octanol–water partition coefficient (Wildman–Crippen LogP) is 6.14. The fourth-order valence-corrected chi connectivity index (χ4v) is 3.79. The third-order valence-electron chi connectivity index (χ3n) is 4.74. The van der Waals surface area contributed by atoms with E-state index in [0.717, 1.165) is 11.1 Å². The van der Waals surface area contributed by atoms with E-state index in [4.69, 9.17) is 9.47 Å². The minimum Gasteiger partial charge on any atom is -0.490 e. The number of ether oxygens (including phenoxy) is 2. The molecule has 0 bridgehead atoms. The van der Waals surface area contributed by atoms with Crippen LogP contribution in [0.3, 0.4) is 0 Å². The van der Waals surface area contributed by atoms with Gasteiger partial charge in [-0.25, -0.2) is 4.98 Å². The molecule has 4 rings (SSSR count). The average Bonchev–Trinajstić information content (AvgIpc) is 3.33. The van der Waals surface area contributed by atoms with Crippen molar-refractivity contribution in [2.45, 2.75) is 13.5 Å². The number of nitro benzene ring substituents is 1. The van der Waals surface area contributed by atoms with E-state index in [1.807, 2.05) is 60.8 Å². The number of nitro groups is 1. The molecule has 4 aromatic rings. The minimum absolute atomic E-state index is 0.0272. The number of thiazole rings is 1. The second-order valence-corrected chi connectivity index (χ2v) is 7.99. The fourth-order valence-electron chi connectivity index (χ4n) is 3.13. The number of rotatable bonds is 10. The van der Waals surface area contributed by atoms with Gasteiger partial charge in [0.15, 0.2) is 11.5 Å². The van der Waals surface area contributed by atoms with E-state index in [0.29, 0.717) is 41.1 Å². The third kappa shape index (κ3) is 5.96. The van der Waals surface area contributed by atoms with Gasteiger partial charge in [0, 0.05) is 23.1 Å². The van der Waals surface area contributed by atoms with Gasteiger partial charge in [-0.3, -0.25) is 15.5 Å². The van der Waals surface area contributed by atoms with Crippen LogP contribution in [0.25, 0.3) is 11.3 Å². The number of hydrogen-bond donors (Lipinski definition) is 1. The predicted molar refractivity (Wildman–Crippen MR) is 134 cm³/mol. The van der Waals surface area contributed by atoms with E-state index in [1.54, 1.807) is 18.3 Å². The molecule has 0 aliphatic heterocycles. The Hall–Kier alpha value is -4.24. The van der Waals surface area contributed by atoms with Crippen molar-refractivity contribution >= 4 is 28.4 Å². The highest BCUT2D eigenvalue weighted by Gasteiger charge is 2.10. The van der Waals surface area contributed by atoms with Crippen LogP contribution in [0.5, 0.6) is 11.5 Å². The summed E-state index contributed by atoms with van der Waals surface area (Å²) in [5.74, 6) is 1.31. The van der Waals surface area contributed by atoms with Gasteiger partial charge in [0.1, 0.15) is 6.61 Å². The number of nitrogens with zero attached hydrogens (tertiary/aromatic N) is 3. The number of non-ortho nitro benzene ring substituents is 1. The van der Waals surface area contributed by atoms with Crippen LogP contribution >= 0.6 is 11.3 Å². The standard InChI is InChI=1S/C25H22N4O4S/c1-2-32-24-13-19(11-12-23(24)33-16-18-7-4-3-5-8-18)15-26-28-25-27-22(17-34-25)20-9-6-10-21(14-20)29(30)31/h3-15,17H,2,16H2,1H3,(H,27,28)/b26-15+. The molecular formula is C25H22N4O4S. The molecule has 0 fully saturated rings. The van der Waals surface area contributed by atoms with E-state index in [2.05, 4.69) is 15.5 Å². The highest BCUT2D eigenvalue weighted by Crippen LogP contribution is 2.29. The summed E-state index contributed by atoms with van der Waals surface area (Å²) in [4.78, 5) is 15.0. The molecule has 9 heteroatoms. The molecule has 1 N–H and O–H groups in total. The Bertz CT molecular complexity index is 1290. The van der Waals surface area contributed by atoms with Crippen molar-refractivity contribution in [2.75, 3.05) is 12.0 Å². The summed E-state index contributed by atoms with van der Waals surface area (Å²) < 4.78 is 11.7. The first-order valence-electron chi connectivity index (χ1n) is 10.6. The molecule has 0 saturated heterocycles. The van der Waals surface area contributed by atoms with Crippen molar-refractivity contribution in [3.8, 4) is 22.8 Å². The van der Waals surface area contributed by atoms with Gasteiger partial charge in [0.25, 0.3) is 5.69 Å². The lowest BCUT2D eigenvalue weighted by atomic mass is 10.1. The maximum Gasteiger partial charge on any atom is 0.270 e. The summed E-state index contributed by atoms with van der Waals surface area (Å²) in [6.07, 6.45) is 1.66. The van der Waals surface area contributed by atoms with E-state index in [1.165, 1.54) is 23.5 Å². The number of anilines is 1. The maximum absolute atomic E-state index is 11.0. The molecule has 0 unspecified atom stereocenters. The minimum atomic E-state index is -0.423. The summed E-state index contributed by atoms with van der Waals surface area (Å²) in [6.45, 7) is 2.89. The molecule has 0 aliphatic rings. The van der Waals surface area contributed by atoms with Crippen LogP contribution in [0, 0.1) is 10.1 Å². The van der Waals surface area contributed by atoms with Crippen molar-refractivity contribution in [3.63, 3.8) is 0 Å². The third-order valence-corrected chi connectivity index (χ3v) is 5.48. The zero-order valence-electron chi connectivity index (χ0n) is 18.4. The van der Waals surface area contributed by atoms with Crippen molar-refractivity contribution in [2.24, 2.45) is 5.10 Å². The molecular weight excluding hydrogens is 452 g/mol. The van der Waals surface area contributed by atoms with Gasteiger partial charge in [0.2, 0.25) is 5.13 Å². The number of benzene rings is 3. The van der Waals surface area contributed by atoms with E-state index >= 15 is 0 Å². The van der Waals surface area contributed by atoms with E-state index < -0.39 is 4.92 Å². The summed E-state index contributed by atoms with van der Waals surface area (Å²) >= 11 is 1.36. The highest BCUT2D eigenvalue weighted by molar-refractivity contribution is 7.14. The Morgan fingerprint density at radius 3 is 2.71 bits per heavy atom. The number of hydrazone groups is 1. The second-order valence-electron chi connectivity index (χ2n) is 7.13. The Morgan fingerprint density at radius 2 is 1.91 bits per heavy atom. The molecule has 8 nitrogen and oxygen atoms in total. The van der Waals surface area contributed by atoms with Crippen molar-refractivity contribution < 1.29 is 14.4 Å². The normalized spacial score (nSPS) is 10.9. The summed E-state index contributed by atoms with van der Waals surface area (Å²) in [7, 11) is 0. The summed E-state index contributed by atoms with van der Waals surface area (Å²) in [5, 5.41) is 17.6. The summed E-state index contributed by atoms with van der Waals surface area (Å²) in [6, 6.07) is 21.9. The molecule has 0 radical (unpaired) electrons. The molecule has 0 spiro atoms. The number of nitrogens with one attached hydrogen (secondary N) is 1. The van der Waals surface area contributed by atoms with E-state index in [9.17, 15) is 10.1 Å². The molecule has 0 saturated carbocycles. The smallest absolute Gasteiger partial charge is 0.270 e. The van der Waals surface area contributed by atoms with Crippen LogP contribution < -0.4 is 14.9 Å². The zero-order valence-corrected chi connectivity index (χ0v) is 19.2. The number of aromatic nitrogens is 1. The average molecular weight is 475 g/mol. The lowest BCUT2D eigenvalue weighted by molar-refractivity contribution is -0.384. The molecule has 3 aromatic carbocycles. The van der Waals surface area contributed by atoms with Gasteiger partial charge >= 0.3 is 0 Å². The Balaban J connectivity index is 1.41. The van der Waals surface area contributed by atoms with Gasteiger partial charge in [-0.2, -0.15) is 5.10 Å². The largest absolute Gasteiger partial charge is 0.490 e. The quantitative estimate of drug-likeness (QED) is 0.168. The lowest BCUT2D eigenvalue weighted by Crippen LogP contribution is -2.00. The first-order valence-corrected chi connectivity index (χ1v) is 11.4. The fraction of sp³-hybridized carbons (Fsp3) is 0.120. The Morgan fingerprint density at radius 1 is 1.06 bits per heavy atom. The lowest BCUT2D eigenvalue weighted by Gasteiger charge is -2.12. The van der Waals surface area contributed by atoms with Crippen molar-refractivity contribution in [1.82, 2.24) is 4.98 Å². The monoisotopic (exact) mass is 474 g/mol. The Kier molecular flexibility index (Phi) is 7.46. The topological polar surface area (TPSA) is 98.9 Å². The van der Waals surface area contributed by atoms with Crippen molar-refractivity contribution in [1.29, 1.82) is 0 Å². The molecule has 172 valence electrons. The molecule has 0 amide bonds. The van der Waals surface area contributed by atoms with Crippen LogP contribution in [-0.2, 0) is 6.61 Å². The molecule has 0 aliphatic carbocycles. The first-order chi connectivity index (χ1) is 16.6. The maximum atomic E-state index is 11.0. The van der Waals surface area contributed by atoms with Crippen LogP contribution in [0.1, 0.15) is 18.1 Å². The van der Waals surface area contributed by atoms with Gasteiger partial charge in [-0.1, -0.05) is 42.5 Å². The number of hydrogen-bond acceptors (Lipinski definition) is 8. The van der Waals surface area contributed by atoms with Crippen LogP contribution in [-0.4, -0.2) is 22.7 Å². The SMILES string of the molecule is CCOc1cc(/C=N/Nc2nc(-c3cccc([N+](=O)[O-])c3)cs2)ccc1OCc1ccccc1. The zero-order chi connectivity index (χ0) is 23.8. The second kappa shape index (κ2) is 11.1. The van der Waals surface area contributed by atoms with E-state index in [-0.39, 0.29) is 5.69 Å². The van der Waals surface area contributed by atoms with Crippen molar-refractivity contribution in [3.05, 3.63) is 99.4 Å². The molecule has 1 aromatic heterocycles. The molecule has 34 heavy (non-hydrogen) atoms. The van der Waals surface area contributed by atoms with Gasteiger partial charge in [0.05, 0.1) is 23.4 Å².